The Hall–Kier alpha value is -1.87. The van der Waals surface area contributed by atoms with Gasteiger partial charge in [0.1, 0.15) is 0 Å². The van der Waals surface area contributed by atoms with E-state index in [-0.39, 0.29) is 22.6 Å². The molecule has 2 aliphatic carbocycles. The third kappa shape index (κ3) is 1.99. The van der Waals surface area contributed by atoms with Gasteiger partial charge in [-0.2, -0.15) is 5.26 Å². The van der Waals surface area contributed by atoms with E-state index in [9.17, 15) is 18.5 Å². The van der Waals surface area contributed by atoms with Crippen molar-refractivity contribution >= 4 is 15.9 Å². The molecular weight excluding hydrogens is 336 g/mol. The Labute approximate surface area is 148 Å². The SMILES string of the molecule is CC1(C)[C@H]2CC[C@@]13CS(=O)(=O)N(C(=O)[C@H](C#N)c1ccccc1)[C@H]3C2. The molecule has 1 aromatic carbocycles. The van der Waals surface area contributed by atoms with Crippen LogP contribution in [-0.4, -0.2) is 30.4 Å². The minimum atomic E-state index is -3.69. The van der Waals surface area contributed by atoms with Crippen molar-refractivity contribution in [1.29, 1.82) is 5.26 Å². The Kier molecular flexibility index (Phi) is 3.37. The maximum Gasteiger partial charge on any atom is 0.258 e. The van der Waals surface area contributed by atoms with Crippen LogP contribution in [0.2, 0.25) is 0 Å². The van der Waals surface area contributed by atoms with Crippen molar-refractivity contribution in [2.75, 3.05) is 5.75 Å². The number of carbonyl (C=O) groups excluding carboxylic acids is 1. The topological polar surface area (TPSA) is 78.2 Å². The highest BCUT2D eigenvalue weighted by Crippen LogP contribution is 2.70. The first-order valence-electron chi connectivity index (χ1n) is 8.75. The second kappa shape index (κ2) is 5.07. The first kappa shape index (κ1) is 16.6. The van der Waals surface area contributed by atoms with Gasteiger partial charge in [-0.15, -0.1) is 0 Å². The molecule has 25 heavy (non-hydrogen) atoms. The number of hydrogen-bond acceptors (Lipinski definition) is 4. The average molecular weight is 358 g/mol. The van der Waals surface area contributed by atoms with Crippen molar-refractivity contribution < 1.29 is 13.2 Å². The lowest BCUT2D eigenvalue weighted by atomic mass is 9.69. The van der Waals surface area contributed by atoms with Crippen LogP contribution in [-0.2, 0) is 14.8 Å². The number of carbonyl (C=O) groups is 1. The van der Waals surface area contributed by atoms with Crippen molar-refractivity contribution in [1.82, 2.24) is 4.31 Å². The molecule has 1 heterocycles. The summed E-state index contributed by atoms with van der Waals surface area (Å²) in [5.74, 6) is -1.18. The van der Waals surface area contributed by atoms with Gasteiger partial charge in [0.25, 0.3) is 5.91 Å². The van der Waals surface area contributed by atoms with Gasteiger partial charge in [0, 0.05) is 5.41 Å². The first-order valence-corrected chi connectivity index (χ1v) is 10.4. The fraction of sp³-hybridized carbons (Fsp3) is 0.579. The fourth-order valence-electron chi connectivity index (χ4n) is 5.62. The molecule has 1 saturated heterocycles. The lowest BCUT2D eigenvalue weighted by Gasteiger charge is -2.37. The van der Waals surface area contributed by atoms with E-state index in [1.54, 1.807) is 24.3 Å². The molecule has 0 unspecified atom stereocenters. The van der Waals surface area contributed by atoms with Gasteiger partial charge in [0.2, 0.25) is 10.0 Å². The smallest absolute Gasteiger partial charge is 0.258 e. The highest BCUT2D eigenvalue weighted by molar-refractivity contribution is 7.90. The summed E-state index contributed by atoms with van der Waals surface area (Å²) in [6.45, 7) is 4.29. The standard InChI is InChI=1S/C19H22N2O3S/c1-18(2)14-8-9-19(18)12-25(23,24)21(16(19)10-14)17(22)15(11-20)13-6-4-3-5-7-13/h3-7,14-16H,8-10,12H2,1-2H3/t14-,15+,16-,19-/m0/s1. The molecule has 1 aromatic rings. The van der Waals surface area contributed by atoms with Crippen LogP contribution in [0.5, 0.6) is 0 Å². The van der Waals surface area contributed by atoms with Gasteiger partial charge in [-0.05, 0) is 36.2 Å². The maximum atomic E-state index is 13.1. The summed E-state index contributed by atoms with van der Waals surface area (Å²) in [6, 6.07) is 10.5. The molecule has 3 fully saturated rings. The molecule has 132 valence electrons. The van der Waals surface area contributed by atoms with Crippen LogP contribution >= 0.6 is 0 Å². The largest absolute Gasteiger partial charge is 0.272 e. The summed E-state index contributed by atoms with van der Waals surface area (Å²) in [7, 11) is -3.69. The van der Waals surface area contributed by atoms with Crippen LogP contribution in [0.3, 0.4) is 0 Å². The minimum absolute atomic E-state index is 0.0346. The van der Waals surface area contributed by atoms with E-state index in [0.717, 1.165) is 23.6 Å². The third-order valence-corrected chi connectivity index (χ3v) is 9.05. The molecule has 1 amide bonds. The molecule has 6 heteroatoms. The maximum absolute atomic E-state index is 13.1. The summed E-state index contributed by atoms with van der Waals surface area (Å²) < 4.78 is 27.0. The number of rotatable bonds is 2. The van der Waals surface area contributed by atoms with E-state index < -0.39 is 21.8 Å². The number of benzene rings is 1. The number of nitriles is 1. The van der Waals surface area contributed by atoms with Crippen LogP contribution in [0.4, 0.5) is 0 Å². The highest BCUT2D eigenvalue weighted by atomic mass is 32.2. The molecule has 2 bridgehead atoms. The molecule has 0 radical (unpaired) electrons. The quantitative estimate of drug-likeness (QED) is 0.814. The predicted molar refractivity (Wildman–Crippen MR) is 92.8 cm³/mol. The first-order chi connectivity index (χ1) is 11.7. The number of amides is 1. The van der Waals surface area contributed by atoms with Gasteiger partial charge in [0.05, 0.1) is 17.9 Å². The molecule has 0 aromatic heterocycles. The van der Waals surface area contributed by atoms with Crippen LogP contribution in [0, 0.1) is 28.1 Å². The molecule has 1 aliphatic heterocycles. The summed E-state index contributed by atoms with van der Waals surface area (Å²) in [5.41, 5.74) is 0.103. The van der Waals surface area contributed by atoms with Gasteiger partial charge < -0.3 is 0 Å². The average Bonchev–Trinajstić information content (AvgIpc) is 3.03. The van der Waals surface area contributed by atoms with Crippen LogP contribution in [0.15, 0.2) is 30.3 Å². The summed E-state index contributed by atoms with van der Waals surface area (Å²) in [6.07, 6.45) is 2.60. The number of sulfonamides is 1. The second-order valence-electron chi connectivity index (χ2n) is 8.23. The van der Waals surface area contributed by atoms with E-state index in [2.05, 4.69) is 13.8 Å². The van der Waals surface area contributed by atoms with E-state index in [0.29, 0.717) is 11.5 Å². The van der Waals surface area contributed by atoms with Crippen LogP contribution < -0.4 is 0 Å². The fourth-order valence-corrected chi connectivity index (χ4v) is 8.18. The molecule has 2 saturated carbocycles. The van der Waals surface area contributed by atoms with Crippen molar-refractivity contribution in [3.63, 3.8) is 0 Å². The second-order valence-corrected chi connectivity index (χ2v) is 10.1. The zero-order valence-electron chi connectivity index (χ0n) is 14.5. The van der Waals surface area contributed by atoms with E-state index in [1.165, 1.54) is 0 Å². The predicted octanol–water partition coefficient (Wildman–Crippen LogP) is 2.66. The highest BCUT2D eigenvalue weighted by Gasteiger charge is 2.72. The molecule has 1 spiro atoms. The Morgan fingerprint density at radius 2 is 2.00 bits per heavy atom. The third-order valence-electron chi connectivity index (χ3n) is 7.14. The Morgan fingerprint density at radius 1 is 1.32 bits per heavy atom. The van der Waals surface area contributed by atoms with E-state index >= 15 is 0 Å². The molecule has 4 atom stereocenters. The van der Waals surface area contributed by atoms with Crippen LogP contribution in [0.1, 0.15) is 44.6 Å². The zero-order valence-corrected chi connectivity index (χ0v) is 15.3. The Morgan fingerprint density at radius 3 is 2.60 bits per heavy atom. The Bertz CT molecular complexity index is 872. The van der Waals surface area contributed by atoms with Crippen molar-refractivity contribution in [3.05, 3.63) is 35.9 Å². The summed E-state index contributed by atoms with van der Waals surface area (Å²) in [4.78, 5) is 13.1. The Balaban J connectivity index is 1.76. The molecular formula is C19H22N2O3S. The molecule has 3 aliphatic rings. The monoisotopic (exact) mass is 358 g/mol. The van der Waals surface area contributed by atoms with Gasteiger partial charge in [-0.1, -0.05) is 44.2 Å². The zero-order chi connectivity index (χ0) is 18.0. The number of hydrogen-bond donors (Lipinski definition) is 0. The van der Waals surface area contributed by atoms with Crippen LogP contribution in [0.25, 0.3) is 0 Å². The molecule has 5 nitrogen and oxygen atoms in total. The van der Waals surface area contributed by atoms with E-state index in [1.807, 2.05) is 12.1 Å². The lowest BCUT2D eigenvalue weighted by molar-refractivity contribution is -0.129. The number of nitrogens with zero attached hydrogens (tertiary/aromatic N) is 2. The van der Waals surface area contributed by atoms with Gasteiger partial charge in [-0.3, -0.25) is 4.79 Å². The van der Waals surface area contributed by atoms with Crippen molar-refractivity contribution in [2.45, 2.75) is 45.1 Å². The van der Waals surface area contributed by atoms with Crippen molar-refractivity contribution in [2.24, 2.45) is 16.7 Å². The minimum Gasteiger partial charge on any atom is -0.272 e. The summed E-state index contributed by atoms with van der Waals surface area (Å²) >= 11 is 0. The van der Waals surface area contributed by atoms with Crippen molar-refractivity contribution in [3.8, 4) is 6.07 Å². The lowest BCUT2D eigenvalue weighted by Crippen LogP contribution is -2.45. The normalized spacial score (nSPS) is 35.2. The molecule has 4 rings (SSSR count). The van der Waals surface area contributed by atoms with E-state index in [4.69, 9.17) is 0 Å². The molecule has 0 N–H and O–H groups in total. The van der Waals surface area contributed by atoms with Gasteiger partial charge in [-0.25, -0.2) is 12.7 Å². The van der Waals surface area contributed by atoms with Gasteiger partial charge in [0.15, 0.2) is 5.92 Å². The number of fused-ring (bicyclic) bond motifs is 1. The summed E-state index contributed by atoms with van der Waals surface area (Å²) in [5, 5.41) is 9.56. The van der Waals surface area contributed by atoms with Gasteiger partial charge >= 0.3 is 0 Å².